The number of nitrogens with zero attached hydrogens (tertiary/aromatic N) is 2. The zero-order chi connectivity index (χ0) is 15.9. The van der Waals surface area contributed by atoms with E-state index in [-0.39, 0.29) is 24.8 Å². The second-order valence-corrected chi connectivity index (χ2v) is 4.92. The van der Waals surface area contributed by atoms with Gasteiger partial charge in [-0.1, -0.05) is 5.16 Å². The van der Waals surface area contributed by atoms with Crippen LogP contribution in [0.3, 0.4) is 0 Å². The molecule has 1 unspecified atom stereocenters. The number of carboxylic acids is 1. The highest BCUT2D eigenvalue weighted by molar-refractivity contribution is 5.76. The van der Waals surface area contributed by atoms with Gasteiger partial charge in [0.05, 0.1) is 11.8 Å². The highest BCUT2D eigenvalue weighted by atomic mass is 16.5. The molecule has 0 saturated heterocycles. The van der Waals surface area contributed by atoms with Crippen LogP contribution in [-0.2, 0) is 16.0 Å². The largest absolute Gasteiger partial charge is 0.481 e. The fourth-order valence-electron chi connectivity index (χ4n) is 1.84. The molecule has 2 aromatic heterocycles. The molecule has 0 aromatic carbocycles. The number of aromatic nitrogens is 2. The van der Waals surface area contributed by atoms with E-state index in [2.05, 4.69) is 15.5 Å². The third kappa shape index (κ3) is 4.72. The molecule has 0 aliphatic carbocycles. The van der Waals surface area contributed by atoms with Gasteiger partial charge in [-0.3, -0.25) is 9.59 Å². The number of carbonyl (C=O) groups is 2. The maximum absolute atomic E-state index is 11.7. The molecular weight excluding hydrogens is 290 g/mol. The summed E-state index contributed by atoms with van der Waals surface area (Å²) in [5.74, 6) is -0.275. The molecule has 8 heteroatoms. The Hall–Kier alpha value is -2.64. The van der Waals surface area contributed by atoms with E-state index in [0.717, 1.165) is 0 Å². The van der Waals surface area contributed by atoms with Crippen molar-refractivity contribution in [3.8, 4) is 11.4 Å². The minimum Gasteiger partial charge on any atom is -0.481 e. The van der Waals surface area contributed by atoms with Crippen LogP contribution in [0, 0.1) is 0 Å². The zero-order valence-electron chi connectivity index (χ0n) is 12.1. The maximum atomic E-state index is 11.7. The van der Waals surface area contributed by atoms with Crippen LogP contribution in [-0.4, -0.2) is 33.2 Å². The van der Waals surface area contributed by atoms with Crippen molar-refractivity contribution in [3.63, 3.8) is 0 Å². The van der Waals surface area contributed by atoms with Gasteiger partial charge in [0.15, 0.2) is 0 Å². The molecule has 8 nitrogen and oxygen atoms in total. The summed E-state index contributed by atoms with van der Waals surface area (Å²) in [7, 11) is 0. The van der Waals surface area contributed by atoms with Gasteiger partial charge in [0.2, 0.25) is 17.6 Å². The van der Waals surface area contributed by atoms with Crippen LogP contribution in [0.25, 0.3) is 11.4 Å². The number of aryl methyl sites for hydroxylation is 1. The van der Waals surface area contributed by atoms with E-state index in [1.54, 1.807) is 13.0 Å². The zero-order valence-corrected chi connectivity index (χ0v) is 12.1. The summed E-state index contributed by atoms with van der Waals surface area (Å²) in [5.41, 5.74) is 0.710. The van der Waals surface area contributed by atoms with Gasteiger partial charge in [-0.05, 0) is 19.4 Å². The molecule has 118 valence electrons. The van der Waals surface area contributed by atoms with Crippen LogP contribution in [0.5, 0.6) is 0 Å². The summed E-state index contributed by atoms with van der Waals surface area (Å²) in [6.45, 7) is 1.77. The Kier molecular flexibility index (Phi) is 5.29. The van der Waals surface area contributed by atoms with E-state index in [1.807, 2.05) is 0 Å². The van der Waals surface area contributed by atoms with Crippen molar-refractivity contribution in [1.29, 1.82) is 0 Å². The Morgan fingerprint density at radius 2 is 2.23 bits per heavy atom. The number of nitrogens with one attached hydrogen (secondary N) is 1. The summed E-state index contributed by atoms with van der Waals surface area (Å²) in [6, 6.07) is 1.53. The molecule has 22 heavy (non-hydrogen) atoms. The van der Waals surface area contributed by atoms with Crippen molar-refractivity contribution in [1.82, 2.24) is 15.5 Å². The van der Waals surface area contributed by atoms with Crippen LogP contribution in [0.1, 0.15) is 32.1 Å². The quantitative estimate of drug-likeness (QED) is 0.760. The minimum atomic E-state index is -0.876. The molecule has 0 spiro atoms. The number of carboxylic acid groups (broad SMARTS) is 1. The molecule has 2 N–H and O–H groups in total. The lowest BCUT2D eigenvalue weighted by Crippen LogP contribution is -2.33. The van der Waals surface area contributed by atoms with Crippen molar-refractivity contribution < 1.29 is 23.6 Å². The normalized spacial score (nSPS) is 12.0. The average Bonchev–Trinajstić information content (AvgIpc) is 3.13. The summed E-state index contributed by atoms with van der Waals surface area (Å²) in [6.07, 6.45) is 3.96. The molecule has 0 radical (unpaired) electrons. The smallest absolute Gasteiger partial charge is 0.303 e. The van der Waals surface area contributed by atoms with Gasteiger partial charge in [-0.15, -0.1) is 0 Å². The highest BCUT2D eigenvalue weighted by Gasteiger charge is 2.13. The molecule has 0 saturated carbocycles. The second-order valence-electron chi connectivity index (χ2n) is 4.92. The molecule has 0 aliphatic rings. The number of hydrogen-bond donors (Lipinski definition) is 2. The number of amides is 1. The van der Waals surface area contributed by atoms with Crippen LogP contribution < -0.4 is 5.32 Å². The highest BCUT2D eigenvalue weighted by Crippen LogP contribution is 2.16. The molecule has 2 rings (SSSR count). The lowest BCUT2D eigenvalue weighted by Gasteiger charge is -2.11. The fraction of sp³-hybridized carbons (Fsp3) is 0.429. The molecule has 2 aromatic rings. The maximum Gasteiger partial charge on any atom is 0.303 e. The van der Waals surface area contributed by atoms with E-state index in [1.165, 1.54) is 12.5 Å². The summed E-state index contributed by atoms with van der Waals surface area (Å²) in [5, 5.41) is 15.1. The first-order valence-corrected chi connectivity index (χ1v) is 6.91. The molecular formula is C14H17N3O5. The number of aliphatic carboxylic acids is 1. The molecule has 1 amide bonds. The van der Waals surface area contributed by atoms with Gasteiger partial charge in [0.1, 0.15) is 6.26 Å². The Balaban J connectivity index is 1.75. The van der Waals surface area contributed by atoms with Gasteiger partial charge in [0.25, 0.3) is 0 Å². The number of furan rings is 1. The number of rotatable bonds is 8. The first-order chi connectivity index (χ1) is 10.5. The Morgan fingerprint density at radius 1 is 1.41 bits per heavy atom. The molecule has 0 aliphatic heterocycles. The summed E-state index contributed by atoms with van der Waals surface area (Å²) >= 11 is 0. The third-order valence-corrected chi connectivity index (χ3v) is 3.01. The van der Waals surface area contributed by atoms with Crippen molar-refractivity contribution >= 4 is 11.9 Å². The van der Waals surface area contributed by atoms with Crippen LogP contribution in [0.4, 0.5) is 0 Å². The van der Waals surface area contributed by atoms with Crippen LogP contribution >= 0.6 is 0 Å². The van der Waals surface area contributed by atoms with E-state index < -0.39 is 5.97 Å². The Labute approximate surface area is 126 Å². The van der Waals surface area contributed by atoms with Gasteiger partial charge >= 0.3 is 5.97 Å². The predicted molar refractivity (Wildman–Crippen MR) is 74.8 cm³/mol. The SMILES string of the molecule is CC(CCC(=O)O)NC(=O)CCc1nc(-c2ccoc2)no1. The van der Waals surface area contributed by atoms with Crippen molar-refractivity contribution in [2.75, 3.05) is 0 Å². The number of carbonyl (C=O) groups excluding carboxylic acids is 1. The standard InChI is InChI=1S/C14H17N3O5/c1-9(2-5-13(19)20)15-11(18)3-4-12-16-14(17-22-12)10-6-7-21-8-10/h6-9H,2-5H2,1H3,(H,15,18)(H,19,20). The van der Waals surface area contributed by atoms with E-state index in [9.17, 15) is 9.59 Å². The van der Waals surface area contributed by atoms with Crippen molar-refractivity contribution in [2.24, 2.45) is 0 Å². The van der Waals surface area contributed by atoms with Crippen molar-refractivity contribution in [3.05, 3.63) is 24.5 Å². The van der Waals surface area contributed by atoms with Crippen LogP contribution in [0.15, 0.2) is 27.5 Å². The summed E-state index contributed by atoms with van der Waals surface area (Å²) < 4.78 is 9.99. The lowest BCUT2D eigenvalue weighted by atomic mass is 10.1. The minimum absolute atomic E-state index is 0.0270. The van der Waals surface area contributed by atoms with Crippen LogP contribution in [0.2, 0.25) is 0 Å². The first-order valence-electron chi connectivity index (χ1n) is 6.91. The summed E-state index contributed by atoms with van der Waals surface area (Å²) in [4.78, 5) is 26.4. The number of hydrogen-bond acceptors (Lipinski definition) is 6. The van der Waals surface area contributed by atoms with E-state index in [0.29, 0.717) is 30.1 Å². The Morgan fingerprint density at radius 3 is 2.91 bits per heavy atom. The monoisotopic (exact) mass is 307 g/mol. The van der Waals surface area contributed by atoms with Gasteiger partial charge < -0.3 is 19.4 Å². The predicted octanol–water partition coefficient (Wildman–Crippen LogP) is 1.63. The van der Waals surface area contributed by atoms with Gasteiger partial charge in [0, 0.05) is 25.3 Å². The third-order valence-electron chi connectivity index (χ3n) is 3.01. The van der Waals surface area contributed by atoms with Gasteiger partial charge in [-0.25, -0.2) is 0 Å². The second kappa shape index (κ2) is 7.39. The molecule has 0 bridgehead atoms. The fourth-order valence-corrected chi connectivity index (χ4v) is 1.84. The first kappa shape index (κ1) is 15.7. The lowest BCUT2D eigenvalue weighted by molar-refractivity contribution is -0.137. The average molecular weight is 307 g/mol. The molecule has 0 fully saturated rings. The van der Waals surface area contributed by atoms with Crippen molar-refractivity contribution in [2.45, 2.75) is 38.6 Å². The molecule has 1 atom stereocenters. The van der Waals surface area contributed by atoms with E-state index in [4.69, 9.17) is 14.0 Å². The Bertz CT molecular complexity index is 620. The van der Waals surface area contributed by atoms with Gasteiger partial charge in [-0.2, -0.15) is 4.98 Å². The molecule has 2 heterocycles. The van der Waals surface area contributed by atoms with E-state index >= 15 is 0 Å². The topological polar surface area (TPSA) is 118 Å².